The van der Waals surface area contributed by atoms with Crippen LogP contribution in [0.15, 0.2) is 18.2 Å². The minimum atomic E-state index is -0.370. The van der Waals surface area contributed by atoms with E-state index in [1.54, 1.807) is 11.0 Å². The molecule has 1 heterocycles. The molecule has 92 valence electrons. The number of carbonyl (C=O) groups is 1. The molecule has 1 aliphatic heterocycles. The third-order valence-corrected chi connectivity index (χ3v) is 3.66. The lowest BCUT2D eigenvalue weighted by molar-refractivity contribution is -0.118. The molecule has 1 atom stereocenters. The van der Waals surface area contributed by atoms with Gasteiger partial charge in [0.1, 0.15) is 11.6 Å². The van der Waals surface area contributed by atoms with Gasteiger partial charge >= 0.3 is 0 Å². The molecular formula is C12H13BrFNO2. The smallest absolute Gasteiger partial charge is 0.240 e. The van der Waals surface area contributed by atoms with Gasteiger partial charge in [-0.3, -0.25) is 4.79 Å². The lowest BCUT2D eigenvalue weighted by Gasteiger charge is -2.30. The maximum atomic E-state index is 13.1. The SMILES string of the molecule is COc1cc(F)ccc1N1CCCC(Br)C1=O. The minimum absolute atomic E-state index is 0.00107. The van der Waals surface area contributed by atoms with Crippen LogP contribution in [0.1, 0.15) is 12.8 Å². The number of rotatable bonds is 2. The Morgan fingerprint density at radius 2 is 2.29 bits per heavy atom. The number of amides is 1. The first-order valence-electron chi connectivity index (χ1n) is 5.42. The number of methoxy groups -OCH3 is 1. The van der Waals surface area contributed by atoms with Crippen LogP contribution in [0.2, 0.25) is 0 Å². The average Bonchev–Trinajstić information content (AvgIpc) is 2.33. The topological polar surface area (TPSA) is 29.5 Å². The Morgan fingerprint density at radius 3 is 3.00 bits per heavy atom. The fourth-order valence-electron chi connectivity index (χ4n) is 1.94. The molecule has 0 radical (unpaired) electrons. The Morgan fingerprint density at radius 1 is 1.53 bits per heavy atom. The summed E-state index contributed by atoms with van der Waals surface area (Å²) in [5.41, 5.74) is 0.628. The van der Waals surface area contributed by atoms with E-state index in [1.807, 2.05) is 0 Å². The molecule has 5 heteroatoms. The van der Waals surface area contributed by atoms with E-state index in [1.165, 1.54) is 19.2 Å². The maximum absolute atomic E-state index is 13.1. The number of alkyl halides is 1. The Hall–Kier alpha value is -1.10. The van der Waals surface area contributed by atoms with Gasteiger partial charge in [-0.2, -0.15) is 0 Å². The highest BCUT2D eigenvalue weighted by molar-refractivity contribution is 9.10. The zero-order valence-electron chi connectivity index (χ0n) is 9.45. The highest BCUT2D eigenvalue weighted by Gasteiger charge is 2.29. The number of hydrogen-bond acceptors (Lipinski definition) is 2. The molecule has 0 bridgehead atoms. The van der Waals surface area contributed by atoms with E-state index in [2.05, 4.69) is 15.9 Å². The second kappa shape index (κ2) is 5.04. The van der Waals surface area contributed by atoms with Crippen molar-refractivity contribution >= 4 is 27.5 Å². The summed E-state index contributed by atoms with van der Waals surface area (Å²) in [6, 6.07) is 4.21. The molecule has 1 saturated heterocycles. The summed E-state index contributed by atoms with van der Waals surface area (Å²) < 4.78 is 18.2. The van der Waals surface area contributed by atoms with Gasteiger partial charge in [0, 0.05) is 12.6 Å². The van der Waals surface area contributed by atoms with Gasteiger partial charge in [0.2, 0.25) is 5.91 Å². The van der Waals surface area contributed by atoms with E-state index in [9.17, 15) is 9.18 Å². The average molecular weight is 302 g/mol. The molecule has 0 spiro atoms. The predicted octanol–water partition coefficient (Wildman–Crippen LogP) is 2.72. The molecule has 1 fully saturated rings. The molecule has 0 N–H and O–H groups in total. The van der Waals surface area contributed by atoms with E-state index in [4.69, 9.17) is 4.74 Å². The first kappa shape index (κ1) is 12.4. The van der Waals surface area contributed by atoms with Gasteiger partial charge in [-0.05, 0) is 25.0 Å². The van der Waals surface area contributed by atoms with Crippen molar-refractivity contribution in [2.45, 2.75) is 17.7 Å². The van der Waals surface area contributed by atoms with Crippen LogP contribution < -0.4 is 9.64 Å². The monoisotopic (exact) mass is 301 g/mol. The molecule has 1 unspecified atom stereocenters. The Bertz CT molecular complexity index is 439. The van der Waals surface area contributed by atoms with Gasteiger partial charge < -0.3 is 9.64 Å². The molecule has 1 aromatic carbocycles. The van der Waals surface area contributed by atoms with Crippen LogP contribution in [0, 0.1) is 5.82 Å². The number of nitrogens with zero attached hydrogens (tertiary/aromatic N) is 1. The fraction of sp³-hybridized carbons (Fsp3) is 0.417. The normalized spacial score (nSPS) is 20.5. The van der Waals surface area contributed by atoms with Gasteiger partial charge in [0.25, 0.3) is 0 Å². The van der Waals surface area contributed by atoms with E-state index in [0.29, 0.717) is 18.0 Å². The summed E-state index contributed by atoms with van der Waals surface area (Å²) >= 11 is 3.35. The number of anilines is 1. The van der Waals surface area contributed by atoms with Crippen molar-refractivity contribution in [2.24, 2.45) is 0 Å². The van der Waals surface area contributed by atoms with Crippen molar-refractivity contribution in [3.63, 3.8) is 0 Å². The fourth-order valence-corrected chi connectivity index (χ4v) is 2.52. The van der Waals surface area contributed by atoms with Crippen molar-refractivity contribution in [3.05, 3.63) is 24.0 Å². The lowest BCUT2D eigenvalue weighted by atomic mass is 10.1. The Balaban J connectivity index is 2.35. The van der Waals surface area contributed by atoms with Crippen LogP contribution >= 0.6 is 15.9 Å². The molecule has 0 saturated carbocycles. The molecule has 1 aliphatic rings. The van der Waals surface area contributed by atoms with Gasteiger partial charge in [-0.25, -0.2) is 4.39 Å². The predicted molar refractivity (Wildman–Crippen MR) is 67.3 cm³/mol. The van der Waals surface area contributed by atoms with E-state index < -0.39 is 0 Å². The number of benzene rings is 1. The van der Waals surface area contributed by atoms with E-state index in [-0.39, 0.29) is 16.6 Å². The molecule has 3 nitrogen and oxygen atoms in total. The Labute approximate surface area is 108 Å². The molecule has 0 aromatic heterocycles. The van der Waals surface area contributed by atoms with E-state index in [0.717, 1.165) is 12.8 Å². The number of hydrogen-bond donors (Lipinski definition) is 0. The second-order valence-electron chi connectivity index (χ2n) is 3.92. The first-order chi connectivity index (χ1) is 8.13. The van der Waals surface area contributed by atoms with Crippen LogP contribution in [0.25, 0.3) is 0 Å². The zero-order chi connectivity index (χ0) is 12.4. The van der Waals surface area contributed by atoms with Gasteiger partial charge in [-0.15, -0.1) is 0 Å². The molecule has 17 heavy (non-hydrogen) atoms. The summed E-state index contributed by atoms with van der Waals surface area (Å²) in [4.78, 5) is 13.5. The number of ether oxygens (including phenoxy) is 1. The molecule has 1 amide bonds. The van der Waals surface area contributed by atoms with Crippen molar-refractivity contribution in [3.8, 4) is 5.75 Å². The Kier molecular flexibility index (Phi) is 3.66. The molecule has 2 rings (SSSR count). The number of piperidine rings is 1. The van der Waals surface area contributed by atoms with Crippen LogP contribution in [0.5, 0.6) is 5.75 Å². The molecule has 1 aromatic rings. The third kappa shape index (κ3) is 2.44. The number of carbonyl (C=O) groups excluding carboxylic acids is 1. The van der Waals surface area contributed by atoms with Gasteiger partial charge in [0.05, 0.1) is 17.6 Å². The quantitative estimate of drug-likeness (QED) is 0.786. The summed E-state index contributed by atoms with van der Waals surface area (Å²) in [7, 11) is 1.47. The first-order valence-corrected chi connectivity index (χ1v) is 6.34. The summed E-state index contributed by atoms with van der Waals surface area (Å²) in [6.45, 7) is 0.642. The van der Waals surface area contributed by atoms with Crippen LogP contribution in [0.3, 0.4) is 0 Å². The van der Waals surface area contributed by atoms with Crippen LogP contribution in [-0.2, 0) is 4.79 Å². The standard InChI is InChI=1S/C12H13BrFNO2/c1-17-11-7-8(14)4-5-10(11)15-6-2-3-9(13)12(15)16/h4-5,7,9H,2-3,6H2,1H3. The largest absolute Gasteiger partial charge is 0.494 e. The summed E-state index contributed by atoms with van der Waals surface area (Å²) in [6.07, 6.45) is 1.75. The molecular weight excluding hydrogens is 289 g/mol. The van der Waals surface area contributed by atoms with Crippen molar-refractivity contribution in [1.82, 2.24) is 0 Å². The summed E-state index contributed by atoms with van der Waals surface area (Å²) in [5.74, 6) is 0.0200. The van der Waals surface area contributed by atoms with Crippen molar-refractivity contribution < 1.29 is 13.9 Å². The zero-order valence-corrected chi connectivity index (χ0v) is 11.0. The number of halogens is 2. The molecule has 0 aliphatic carbocycles. The van der Waals surface area contributed by atoms with Crippen molar-refractivity contribution in [2.75, 3.05) is 18.6 Å². The summed E-state index contributed by atoms with van der Waals surface area (Å²) in [5, 5.41) is 0. The van der Waals surface area contributed by atoms with Gasteiger partial charge in [0.15, 0.2) is 0 Å². The second-order valence-corrected chi connectivity index (χ2v) is 5.02. The third-order valence-electron chi connectivity index (χ3n) is 2.81. The lowest BCUT2D eigenvalue weighted by Crippen LogP contribution is -2.41. The van der Waals surface area contributed by atoms with E-state index >= 15 is 0 Å². The van der Waals surface area contributed by atoms with Gasteiger partial charge in [-0.1, -0.05) is 15.9 Å². The van der Waals surface area contributed by atoms with Crippen LogP contribution in [-0.4, -0.2) is 24.4 Å². The highest BCUT2D eigenvalue weighted by atomic mass is 79.9. The maximum Gasteiger partial charge on any atom is 0.240 e. The van der Waals surface area contributed by atoms with Crippen molar-refractivity contribution in [1.29, 1.82) is 0 Å². The minimum Gasteiger partial charge on any atom is -0.494 e. The van der Waals surface area contributed by atoms with Crippen LogP contribution in [0.4, 0.5) is 10.1 Å². The highest BCUT2D eigenvalue weighted by Crippen LogP contribution is 2.32.